The number of carbonyl (C=O) groups excluding carboxylic acids is 3. The largest absolute Gasteiger partial charge is 0.333 e. The van der Waals surface area contributed by atoms with Crippen molar-refractivity contribution in [3.05, 3.63) is 71.0 Å². The molecule has 2 aromatic rings. The third-order valence-corrected chi connectivity index (χ3v) is 5.43. The lowest BCUT2D eigenvalue weighted by Crippen LogP contribution is -2.62. The summed E-state index contributed by atoms with van der Waals surface area (Å²) >= 11 is 0. The van der Waals surface area contributed by atoms with Crippen molar-refractivity contribution < 1.29 is 18.8 Å². The van der Waals surface area contributed by atoms with E-state index in [9.17, 15) is 14.0 Å². The lowest BCUT2D eigenvalue weighted by Gasteiger charge is -2.39. The molecule has 2 amide bonds. The van der Waals surface area contributed by atoms with Gasteiger partial charge in [0.25, 0.3) is 0 Å². The second-order valence-corrected chi connectivity index (χ2v) is 8.56. The van der Waals surface area contributed by atoms with Gasteiger partial charge in [0.2, 0.25) is 11.8 Å². The lowest BCUT2D eigenvalue weighted by molar-refractivity contribution is -0.150. The normalized spacial score (nSPS) is 13.9. The Hall–Kier alpha value is -3.14. The highest BCUT2D eigenvalue weighted by molar-refractivity contribution is 5.87. The molecule has 40 heavy (non-hydrogen) atoms. The molecule has 1 unspecified atom stereocenters. The van der Waals surface area contributed by atoms with Crippen LogP contribution in [0.5, 0.6) is 0 Å². The number of nitrogens with zero attached hydrogens (tertiary/aromatic N) is 3. The summed E-state index contributed by atoms with van der Waals surface area (Å²) in [7, 11) is 1.74. The highest BCUT2D eigenvalue weighted by Gasteiger charge is 2.33. The summed E-state index contributed by atoms with van der Waals surface area (Å²) in [5.74, 6) is -0.624. The Morgan fingerprint density at radius 3 is 1.95 bits per heavy atom. The van der Waals surface area contributed by atoms with E-state index < -0.39 is 6.17 Å². The summed E-state index contributed by atoms with van der Waals surface area (Å²) in [6.07, 6.45) is 1.67. The average molecular weight is 562 g/mol. The fourth-order valence-corrected chi connectivity index (χ4v) is 3.49. The molecule has 0 aliphatic carbocycles. The van der Waals surface area contributed by atoms with Gasteiger partial charge in [-0.05, 0) is 35.2 Å². The first-order chi connectivity index (χ1) is 19.3. The standard InChI is InChI=1S/C23H30FN5O2.C3H8.2C2H6.CH2O/c1-3-17-4-6-19(7-5-17)13-28-14-21(25)29(16-22(28)30)23(31)15-27(2)26-12-18-8-10-20(24)11-9-18;1-3-2;3*1-2/h4-11,21,26H,3,12-16,25H2,1-2H3;3H2,1-2H3;2*1-2H3;1H2. The SMILES string of the molecule is C=O.CC.CC.CCC.CCc1ccc(CN2CC(N)N(C(=O)CN(C)NCc3ccc(F)cc3)CC2=O)cc1. The van der Waals surface area contributed by atoms with Gasteiger partial charge in [-0.1, -0.05) is 91.3 Å². The van der Waals surface area contributed by atoms with Crippen LogP contribution in [0.25, 0.3) is 0 Å². The molecule has 1 atom stereocenters. The summed E-state index contributed by atoms with van der Waals surface area (Å²) in [5.41, 5.74) is 12.5. The number of likely N-dealkylation sites (N-methyl/N-ethyl adjacent to an activating group) is 1. The number of hydrazine groups is 1. The van der Waals surface area contributed by atoms with Crippen molar-refractivity contribution in [3.8, 4) is 0 Å². The molecule has 0 spiro atoms. The van der Waals surface area contributed by atoms with Crippen LogP contribution < -0.4 is 11.2 Å². The molecule has 226 valence electrons. The van der Waals surface area contributed by atoms with Crippen molar-refractivity contribution in [3.63, 3.8) is 0 Å². The van der Waals surface area contributed by atoms with Gasteiger partial charge in [-0.25, -0.2) is 9.40 Å². The van der Waals surface area contributed by atoms with Crippen LogP contribution in [0.1, 0.15) is 71.6 Å². The maximum atomic E-state index is 13.0. The molecular weight excluding hydrogens is 509 g/mol. The van der Waals surface area contributed by atoms with Gasteiger partial charge in [-0.15, -0.1) is 0 Å². The van der Waals surface area contributed by atoms with Gasteiger partial charge in [0.15, 0.2) is 0 Å². The van der Waals surface area contributed by atoms with Gasteiger partial charge in [-0.2, -0.15) is 0 Å². The highest BCUT2D eigenvalue weighted by Crippen LogP contribution is 2.14. The first-order valence-electron chi connectivity index (χ1n) is 14.2. The van der Waals surface area contributed by atoms with Crippen LogP contribution in [0.4, 0.5) is 4.39 Å². The molecule has 3 rings (SSSR count). The van der Waals surface area contributed by atoms with Crippen LogP contribution in [0.15, 0.2) is 48.5 Å². The second-order valence-electron chi connectivity index (χ2n) is 8.56. The number of nitrogens with two attached hydrogens (primary N) is 1. The number of halogens is 1. The van der Waals surface area contributed by atoms with Crippen molar-refractivity contribution in [1.82, 2.24) is 20.2 Å². The van der Waals surface area contributed by atoms with Gasteiger partial charge in [0.1, 0.15) is 19.2 Å². The van der Waals surface area contributed by atoms with Crippen LogP contribution in [0.2, 0.25) is 0 Å². The molecule has 0 radical (unpaired) electrons. The maximum Gasteiger partial charge on any atom is 0.242 e. The monoisotopic (exact) mass is 561 g/mol. The smallest absolute Gasteiger partial charge is 0.242 e. The van der Waals surface area contributed by atoms with Gasteiger partial charge in [-0.3, -0.25) is 15.0 Å². The average Bonchev–Trinajstić information content (AvgIpc) is 2.98. The number of carbonyl (C=O) groups is 3. The number of piperazine rings is 1. The Morgan fingerprint density at radius 1 is 0.975 bits per heavy atom. The number of aryl methyl sites for hydroxylation is 1. The van der Waals surface area contributed by atoms with E-state index in [0.29, 0.717) is 19.6 Å². The topological polar surface area (TPSA) is 99.0 Å². The van der Waals surface area contributed by atoms with E-state index in [-0.39, 0.29) is 30.7 Å². The zero-order valence-electron chi connectivity index (χ0n) is 25.9. The zero-order valence-corrected chi connectivity index (χ0v) is 25.9. The van der Waals surface area contributed by atoms with Gasteiger partial charge in [0.05, 0.1) is 19.3 Å². The molecule has 8 nitrogen and oxygen atoms in total. The Kier molecular flexibility index (Phi) is 23.1. The molecule has 2 aromatic carbocycles. The molecule has 1 heterocycles. The third-order valence-electron chi connectivity index (χ3n) is 5.43. The molecule has 1 aliphatic rings. The van der Waals surface area contributed by atoms with Gasteiger partial charge < -0.3 is 20.3 Å². The van der Waals surface area contributed by atoms with E-state index in [0.717, 1.165) is 17.5 Å². The minimum absolute atomic E-state index is 0.0289. The van der Waals surface area contributed by atoms with E-state index in [1.807, 2.05) is 46.6 Å². The summed E-state index contributed by atoms with van der Waals surface area (Å²) in [6.45, 7) is 17.6. The zero-order chi connectivity index (χ0) is 31.1. The molecule has 9 heteroatoms. The van der Waals surface area contributed by atoms with Gasteiger partial charge >= 0.3 is 0 Å². The fraction of sp³-hybridized carbons (Fsp3) is 0.516. The summed E-state index contributed by atoms with van der Waals surface area (Å²) in [6, 6.07) is 14.3. The van der Waals surface area contributed by atoms with E-state index in [1.54, 1.807) is 29.1 Å². The molecular formula is C31H52FN5O3. The maximum absolute atomic E-state index is 13.0. The van der Waals surface area contributed by atoms with E-state index in [1.165, 1.54) is 29.0 Å². The summed E-state index contributed by atoms with van der Waals surface area (Å²) in [5, 5.41) is 1.64. The number of hydrogen-bond acceptors (Lipinski definition) is 6. The molecule has 1 saturated heterocycles. The fourth-order valence-electron chi connectivity index (χ4n) is 3.49. The minimum Gasteiger partial charge on any atom is -0.333 e. The molecule has 1 aliphatic heterocycles. The first kappa shape index (κ1) is 39.0. The minimum atomic E-state index is -0.550. The van der Waals surface area contributed by atoms with E-state index in [4.69, 9.17) is 10.5 Å². The Bertz CT molecular complexity index is 926. The molecule has 0 aromatic heterocycles. The second kappa shape index (κ2) is 23.7. The van der Waals surface area contributed by atoms with Crippen molar-refractivity contribution >= 4 is 18.6 Å². The lowest BCUT2D eigenvalue weighted by atomic mass is 10.1. The summed E-state index contributed by atoms with van der Waals surface area (Å²) in [4.78, 5) is 36.4. The molecule has 0 saturated carbocycles. The predicted molar refractivity (Wildman–Crippen MR) is 163 cm³/mol. The number of amides is 2. The van der Waals surface area contributed by atoms with Crippen molar-refractivity contribution in [2.75, 3.05) is 26.7 Å². The van der Waals surface area contributed by atoms with Crippen LogP contribution in [0, 0.1) is 5.82 Å². The van der Waals surface area contributed by atoms with Crippen molar-refractivity contribution in [2.45, 2.75) is 80.6 Å². The van der Waals surface area contributed by atoms with Crippen LogP contribution in [-0.4, -0.2) is 66.3 Å². The van der Waals surface area contributed by atoms with Crippen molar-refractivity contribution in [2.24, 2.45) is 5.73 Å². The number of rotatable bonds is 8. The summed E-state index contributed by atoms with van der Waals surface area (Å²) < 4.78 is 13.0. The van der Waals surface area contributed by atoms with Crippen LogP contribution in [-0.2, 0) is 33.9 Å². The Labute approximate surface area is 241 Å². The third kappa shape index (κ3) is 14.9. The molecule has 3 N–H and O–H groups in total. The van der Waals surface area contributed by atoms with E-state index >= 15 is 0 Å². The number of benzene rings is 2. The number of hydrogen-bond donors (Lipinski definition) is 2. The van der Waals surface area contributed by atoms with E-state index in [2.05, 4.69) is 38.3 Å². The highest BCUT2D eigenvalue weighted by atomic mass is 19.1. The predicted octanol–water partition coefficient (Wildman–Crippen LogP) is 4.76. The van der Waals surface area contributed by atoms with Gasteiger partial charge in [0, 0.05) is 20.1 Å². The Balaban J connectivity index is 0. The van der Waals surface area contributed by atoms with Crippen molar-refractivity contribution in [1.29, 1.82) is 0 Å². The Morgan fingerprint density at radius 2 is 1.45 bits per heavy atom. The van der Waals surface area contributed by atoms with Crippen LogP contribution in [0.3, 0.4) is 0 Å². The molecule has 1 fully saturated rings. The molecule has 0 bridgehead atoms. The quantitative estimate of drug-likeness (QED) is 0.451. The number of nitrogens with one attached hydrogen (secondary N) is 1. The van der Waals surface area contributed by atoms with Crippen LogP contribution >= 0.6 is 0 Å². The first-order valence-corrected chi connectivity index (χ1v) is 14.2.